The third kappa shape index (κ3) is 4.96. The normalized spacial score (nSPS) is 15.2. The predicted octanol–water partition coefficient (Wildman–Crippen LogP) is 4.97. The van der Waals surface area contributed by atoms with Crippen molar-refractivity contribution < 1.29 is 13.2 Å². The molecule has 8 heteroatoms. The topological polar surface area (TPSA) is 44.3 Å². The van der Waals surface area contributed by atoms with Crippen LogP contribution in [0.3, 0.4) is 0 Å². The molecule has 2 aromatic carbocycles. The Bertz CT molecular complexity index is 1040. The maximum absolute atomic E-state index is 13.8. The van der Waals surface area contributed by atoms with Crippen LogP contribution in [0.2, 0.25) is 0 Å². The van der Waals surface area contributed by atoms with Crippen LogP contribution < -0.4 is 10.2 Å². The van der Waals surface area contributed by atoms with Crippen LogP contribution in [-0.4, -0.2) is 48.1 Å². The lowest BCUT2D eigenvalue weighted by Gasteiger charge is -2.35. The molecule has 4 rings (SSSR count). The highest BCUT2D eigenvalue weighted by Crippen LogP contribution is 2.39. The highest BCUT2D eigenvalue weighted by atomic mass is 19.4. The molecule has 5 nitrogen and oxygen atoms in total. The second-order valence-corrected chi connectivity index (χ2v) is 7.78. The van der Waals surface area contributed by atoms with Crippen molar-refractivity contribution in [2.45, 2.75) is 13.1 Å². The molecule has 0 spiro atoms. The van der Waals surface area contributed by atoms with E-state index < -0.39 is 11.7 Å². The summed E-state index contributed by atoms with van der Waals surface area (Å²) in [6.07, 6.45) is -2.87. The van der Waals surface area contributed by atoms with E-state index >= 15 is 0 Å². The molecule has 0 aliphatic carbocycles. The first kappa shape index (κ1) is 21.1. The summed E-state index contributed by atoms with van der Waals surface area (Å²) in [5, 5.41) is 2.93. The van der Waals surface area contributed by atoms with E-state index in [-0.39, 0.29) is 11.6 Å². The van der Waals surface area contributed by atoms with Gasteiger partial charge < -0.3 is 15.1 Å². The van der Waals surface area contributed by atoms with Gasteiger partial charge in [0, 0.05) is 49.3 Å². The molecule has 1 aliphatic heterocycles. The summed E-state index contributed by atoms with van der Waals surface area (Å²) < 4.78 is 41.5. The molecule has 1 aromatic heterocycles. The minimum absolute atomic E-state index is 0.209. The summed E-state index contributed by atoms with van der Waals surface area (Å²) in [5.41, 5.74) is 2.60. The molecule has 2 heterocycles. The summed E-state index contributed by atoms with van der Waals surface area (Å²) in [7, 11) is 1.97. The van der Waals surface area contributed by atoms with E-state index in [1.807, 2.05) is 38.2 Å². The van der Waals surface area contributed by atoms with E-state index in [0.29, 0.717) is 24.5 Å². The minimum Gasteiger partial charge on any atom is -0.368 e. The zero-order chi connectivity index (χ0) is 22.0. The third-order valence-corrected chi connectivity index (χ3v) is 5.40. The van der Waals surface area contributed by atoms with Gasteiger partial charge >= 0.3 is 6.18 Å². The van der Waals surface area contributed by atoms with Crippen LogP contribution in [0.4, 0.5) is 30.5 Å². The summed E-state index contributed by atoms with van der Waals surface area (Å²) in [6.45, 7) is 4.59. The van der Waals surface area contributed by atoms with Gasteiger partial charge in [0.05, 0.1) is 11.3 Å². The first-order valence-electron chi connectivity index (χ1n) is 10.1. The zero-order valence-corrected chi connectivity index (χ0v) is 17.4. The first-order valence-corrected chi connectivity index (χ1v) is 10.1. The molecule has 1 N–H and O–H groups in total. The maximum atomic E-state index is 13.8. The molecular formula is C23H24F3N5. The second-order valence-electron chi connectivity index (χ2n) is 7.78. The van der Waals surface area contributed by atoms with Gasteiger partial charge in [-0.3, -0.25) is 0 Å². The van der Waals surface area contributed by atoms with E-state index in [0.717, 1.165) is 30.3 Å². The average molecular weight is 427 g/mol. The van der Waals surface area contributed by atoms with Crippen molar-refractivity contribution in [3.63, 3.8) is 0 Å². The smallest absolute Gasteiger partial charge is 0.368 e. The quantitative estimate of drug-likeness (QED) is 0.637. The molecule has 31 heavy (non-hydrogen) atoms. The lowest BCUT2D eigenvalue weighted by atomic mass is 10.1. The molecular weight excluding hydrogens is 403 g/mol. The largest absolute Gasteiger partial charge is 0.418 e. The number of hydrogen-bond acceptors (Lipinski definition) is 5. The molecule has 0 unspecified atom stereocenters. The van der Waals surface area contributed by atoms with Crippen molar-refractivity contribution in [1.29, 1.82) is 0 Å². The number of nitrogens with one attached hydrogen (secondary N) is 1. The molecule has 0 bridgehead atoms. The number of rotatable bonds is 4. The summed E-state index contributed by atoms with van der Waals surface area (Å²) in [6, 6.07) is 13.9. The fraction of sp³-hybridized carbons (Fsp3) is 0.304. The molecule has 0 radical (unpaired) electrons. The number of aryl methyl sites for hydroxylation is 1. The Balaban J connectivity index is 1.60. The van der Waals surface area contributed by atoms with Crippen LogP contribution in [0.15, 0.2) is 54.7 Å². The molecule has 1 saturated heterocycles. The molecule has 0 amide bonds. The lowest BCUT2D eigenvalue weighted by Crippen LogP contribution is -2.45. The highest BCUT2D eigenvalue weighted by molar-refractivity contribution is 5.66. The monoisotopic (exact) mass is 427 g/mol. The number of benzene rings is 2. The van der Waals surface area contributed by atoms with Crippen LogP contribution in [0.25, 0.3) is 11.3 Å². The summed E-state index contributed by atoms with van der Waals surface area (Å²) >= 11 is 0. The van der Waals surface area contributed by atoms with E-state index in [9.17, 15) is 13.2 Å². The summed E-state index contributed by atoms with van der Waals surface area (Å²) in [4.78, 5) is 12.5. The van der Waals surface area contributed by atoms with Gasteiger partial charge in [0.2, 0.25) is 5.95 Å². The van der Waals surface area contributed by atoms with Gasteiger partial charge in [0.15, 0.2) is 0 Å². The average Bonchev–Trinajstić information content (AvgIpc) is 2.74. The van der Waals surface area contributed by atoms with Crippen LogP contribution in [0.1, 0.15) is 11.1 Å². The zero-order valence-electron chi connectivity index (χ0n) is 17.4. The minimum atomic E-state index is -4.46. The van der Waals surface area contributed by atoms with Gasteiger partial charge in [-0.1, -0.05) is 29.8 Å². The molecule has 1 aliphatic rings. The molecule has 0 saturated carbocycles. The number of aromatic nitrogens is 2. The van der Waals surface area contributed by atoms with Crippen LogP contribution in [-0.2, 0) is 6.18 Å². The standard InChI is InChI=1S/C23H24F3N5/c1-16-3-5-17(6-4-16)20-9-10-27-22(29-20)28-18-7-8-21(19(15-18)23(24,25)26)31-13-11-30(2)12-14-31/h3-10,15H,11-14H2,1-2H3,(H,27,28,29). The molecule has 0 atom stereocenters. The van der Waals surface area contributed by atoms with Gasteiger partial charge in [-0.25, -0.2) is 9.97 Å². The Morgan fingerprint density at radius 3 is 2.32 bits per heavy atom. The van der Waals surface area contributed by atoms with Crippen molar-refractivity contribution in [3.05, 3.63) is 65.9 Å². The van der Waals surface area contributed by atoms with E-state index in [2.05, 4.69) is 20.2 Å². The number of piperazine rings is 1. The molecule has 3 aromatic rings. The Kier molecular flexibility index (Phi) is 5.82. The van der Waals surface area contributed by atoms with Gasteiger partial charge in [0.25, 0.3) is 0 Å². The van der Waals surface area contributed by atoms with E-state index in [4.69, 9.17) is 0 Å². The fourth-order valence-electron chi connectivity index (χ4n) is 3.60. The van der Waals surface area contributed by atoms with Crippen LogP contribution in [0.5, 0.6) is 0 Å². The van der Waals surface area contributed by atoms with Crippen molar-refractivity contribution in [1.82, 2.24) is 14.9 Å². The van der Waals surface area contributed by atoms with Crippen LogP contribution in [0, 0.1) is 6.92 Å². The second kappa shape index (κ2) is 8.55. The Hall–Kier alpha value is -3.13. The number of likely N-dealkylation sites (N-methyl/N-ethyl adjacent to an activating group) is 1. The molecule has 162 valence electrons. The summed E-state index contributed by atoms with van der Waals surface area (Å²) in [5.74, 6) is 0.249. The van der Waals surface area contributed by atoms with Crippen molar-refractivity contribution in [2.75, 3.05) is 43.4 Å². The lowest BCUT2D eigenvalue weighted by molar-refractivity contribution is -0.137. The number of anilines is 3. The van der Waals surface area contributed by atoms with Gasteiger partial charge in [-0.05, 0) is 38.2 Å². The van der Waals surface area contributed by atoms with Crippen molar-refractivity contribution in [2.24, 2.45) is 0 Å². The molecule has 1 fully saturated rings. The Labute approximate surface area is 179 Å². The van der Waals surface area contributed by atoms with Gasteiger partial charge in [-0.2, -0.15) is 13.2 Å². The van der Waals surface area contributed by atoms with E-state index in [1.165, 1.54) is 6.07 Å². The number of nitrogens with zero attached hydrogens (tertiary/aromatic N) is 4. The maximum Gasteiger partial charge on any atom is 0.418 e. The van der Waals surface area contributed by atoms with E-state index in [1.54, 1.807) is 23.2 Å². The first-order chi connectivity index (χ1) is 14.8. The van der Waals surface area contributed by atoms with Crippen LogP contribution >= 0.6 is 0 Å². The SMILES string of the molecule is Cc1ccc(-c2ccnc(Nc3ccc(N4CCN(C)CC4)c(C(F)(F)F)c3)n2)cc1. The number of alkyl halides is 3. The van der Waals surface area contributed by atoms with Gasteiger partial charge in [-0.15, -0.1) is 0 Å². The third-order valence-electron chi connectivity index (χ3n) is 5.40. The highest BCUT2D eigenvalue weighted by Gasteiger charge is 2.35. The van der Waals surface area contributed by atoms with Gasteiger partial charge in [0.1, 0.15) is 0 Å². The Morgan fingerprint density at radius 2 is 1.65 bits per heavy atom. The number of hydrogen-bond donors (Lipinski definition) is 1. The predicted molar refractivity (Wildman–Crippen MR) is 117 cm³/mol. The van der Waals surface area contributed by atoms with Crippen molar-refractivity contribution >= 4 is 17.3 Å². The van der Waals surface area contributed by atoms with Crippen molar-refractivity contribution in [3.8, 4) is 11.3 Å². The fourth-order valence-corrected chi connectivity index (χ4v) is 3.60. The number of halogens is 3. The Morgan fingerprint density at radius 1 is 0.935 bits per heavy atom.